The van der Waals surface area contributed by atoms with Gasteiger partial charge in [0.25, 0.3) is 0 Å². The van der Waals surface area contributed by atoms with Crippen LogP contribution in [-0.2, 0) is 0 Å². The number of thiophene rings is 1. The average molecular weight is 425 g/mol. The lowest BCUT2D eigenvalue weighted by molar-refractivity contribution is 0.415. The Morgan fingerprint density at radius 3 is 2.29 bits per heavy atom. The first kappa shape index (κ1) is 19.1. The fourth-order valence-electron chi connectivity index (χ4n) is 3.33. The maximum Gasteiger partial charge on any atom is 0.151 e. The molecular formula is C25H20N4OS. The molecule has 5 nitrogen and oxygen atoms in total. The molecule has 0 amide bonds. The second-order valence-corrected chi connectivity index (χ2v) is 8.02. The van der Waals surface area contributed by atoms with E-state index in [1.165, 1.54) is 10.4 Å². The minimum absolute atomic E-state index is 0.811. The Morgan fingerprint density at radius 2 is 1.52 bits per heavy atom. The van der Waals surface area contributed by atoms with Crippen molar-refractivity contribution in [1.29, 1.82) is 0 Å². The van der Waals surface area contributed by atoms with E-state index in [1.807, 2.05) is 66.7 Å². The van der Waals surface area contributed by atoms with Gasteiger partial charge in [0.2, 0.25) is 0 Å². The van der Waals surface area contributed by atoms with E-state index in [0.29, 0.717) is 0 Å². The van der Waals surface area contributed by atoms with Crippen molar-refractivity contribution < 1.29 is 4.74 Å². The predicted octanol–water partition coefficient (Wildman–Crippen LogP) is 6.85. The summed E-state index contributed by atoms with van der Waals surface area (Å²) in [6, 6.07) is 28.4. The van der Waals surface area contributed by atoms with Crippen molar-refractivity contribution in [1.82, 2.24) is 9.97 Å². The SMILES string of the molecule is COc1cccc(Nc2ccc(Nc3ncnc4cc(-c5ccccc5)sc34)cc2)c1. The van der Waals surface area contributed by atoms with Crippen LogP contribution in [-0.4, -0.2) is 17.1 Å². The number of rotatable bonds is 6. The summed E-state index contributed by atoms with van der Waals surface area (Å²) < 4.78 is 6.32. The minimum Gasteiger partial charge on any atom is -0.497 e. The second-order valence-electron chi connectivity index (χ2n) is 6.97. The van der Waals surface area contributed by atoms with Crippen LogP contribution in [0.2, 0.25) is 0 Å². The monoisotopic (exact) mass is 424 g/mol. The third kappa shape index (κ3) is 4.20. The number of nitrogens with one attached hydrogen (secondary N) is 2. The highest BCUT2D eigenvalue weighted by Crippen LogP contribution is 2.36. The molecular weight excluding hydrogens is 404 g/mol. The van der Waals surface area contributed by atoms with E-state index >= 15 is 0 Å². The van der Waals surface area contributed by atoms with Crippen molar-refractivity contribution in [2.24, 2.45) is 0 Å². The van der Waals surface area contributed by atoms with Crippen molar-refractivity contribution in [3.05, 3.63) is 91.3 Å². The normalized spacial score (nSPS) is 10.7. The van der Waals surface area contributed by atoms with Crippen molar-refractivity contribution in [2.75, 3.05) is 17.7 Å². The number of benzene rings is 3. The summed E-state index contributed by atoms with van der Waals surface area (Å²) in [6.07, 6.45) is 1.60. The Balaban J connectivity index is 1.36. The summed E-state index contributed by atoms with van der Waals surface area (Å²) in [6.45, 7) is 0. The molecule has 0 saturated heterocycles. The number of anilines is 4. The molecule has 0 fully saturated rings. The molecule has 31 heavy (non-hydrogen) atoms. The highest BCUT2D eigenvalue weighted by atomic mass is 32.1. The smallest absolute Gasteiger partial charge is 0.151 e. The topological polar surface area (TPSA) is 59.1 Å². The number of hydrogen-bond donors (Lipinski definition) is 2. The molecule has 0 spiro atoms. The van der Waals surface area contributed by atoms with Crippen LogP contribution in [0.5, 0.6) is 5.75 Å². The van der Waals surface area contributed by atoms with E-state index in [2.05, 4.69) is 38.8 Å². The molecule has 2 heterocycles. The minimum atomic E-state index is 0.811. The molecule has 152 valence electrons. The average Bonchev–Trinajstić information content (AvgIpc) is 3.27. The Morgan fingerprint density at radius 1 is 0.742 bits per heavy atom. The zero-order valence-electron chi connectivity index (χ0n) is 16.9. The zero-order valence-corrected chi connectivity index (χ0v) is 17.7. The number of fused-ring (bicyclic) bond motifs is 1. The number of nitrogens with zero attached hydrogens (tertiary/aromatic N) is 2. The van der Waals surface area contributed by atoms with Crippen molar-refractivity contribution in [2.45, 2.75) is 0 Å². The maximum absolute atomic E-state index is 5.28. The lowest BCUT2D eigenvalue weighted by Crippen LogP contribution is -1.95. The molecule has 0 saturated carbocycles. The van der Waals surface area contributed by atoms with Crippen LogP contribution in [0, 0.1) is 0 Å². The summed E-state index contributed by atoms with van der Waals surface area (Å²) in [7, 11) is 1.67. The van der Waals surface area contributed by atoms with Gasteiger partial charge in [-0.3, -0.25) is 0 Å². The van der Waals surface area contributed by atoms with Gasteiger partial charge in [0.1, 0.15) is 12.1 Å². The van der Waals surface area contributed by atoms with Gasteiger partial charge in [-0.25, -0.2) is 9.97 Å². The van der Waals surface area contributed by atoms with Gasteiger partial charge in [-0.2, -0.15) is 0 Å². The maximum atomic E-state index is 5.28. The van der Waals surface area contributed by atoms with Crippen LogP contribution < -0.4 is 15.4 Å². The van der Waals surface area contributed by atoms with Crippen molar-refractivity contribution >= 4 is 44.4 Å². The first-order valence-corrected chi connectivity index (χ1v) is 10.7. The Labute approximate surface area is 184 Å². The Hall–Kier alpha value is -3.90. The van der Waals surface area contributed by atoms with E-state index in [4.69, 9.17) is 4.74 Å². The molecule has 0 radical (unpaired) electrons. The molecule has 0 unspecified atom stereocenters. The molecule has 6 heteroatoms. The third-order valence-corrected chi connectivity index (χ3v) is 6.06. The molecule has 2 aromatic heterocycles. The Bertz CT molecular complexity index is 1320. The molecule has 0 aliphatic rings. The summed E-state index contributed by atoms with van der Waals surface area (Å²) in [4.78, 5) is 10.1. The predicted molar refractivity (Wildman–Crippen MR) is 129 cm³/mol. The van der Waals surface area contributed by atoms with Crippen LogP contribution in [0.1, 0.15) is 0 Å². The summed E-state index contributed by atoms with van der Waals surface area (Å²) in [5, 5.41) is 6.82. The van der Waals surface area contributed by atoms with E-state index in [1.54, 1.807) is 24.8 Å². The van der Waals surface area contributed by atoms with Crippen molar-refractivity contribution in [3.63, 3.8) is 0 Å². The van der Waals surface area contributed by atoms with Crippen LogP contribution in [0.3, 0.4) is 0 Å². The summed E-state index contributed by atoms with van der Waals surface area (Å²) in [5.74, 6) is 1.63. The van der Waals surface area contributed by atoms with Crippen LogP contribution >= 0.6 is 11.3 Å². The Kier molecular flexibility index (Phi) is 5.21. The van der Waals surface area contributed by atoms with E-state index in [-0.39, 0.29) is 0 Å². The first-order chi connectivity index (χ1) is 15.3. The number of methoxy groups -OCH3 is 1. The third-order valence-electron chi connectivity index (χ3n) is 4.88. The summed E-state index contributed by atoms with van der Waals surface area (Å²) in [5.41, 5.74) is 5.06. The van der Waals surface area contributed by atoms with Gasteiger partial charge in [-0.1, -0.05) is 36.4 Å². The molecule has 0 aliphatic heterocycles. The largest absolute Gasteiger partial charge is 0.497 e. The lowest BCUT2D eigenvalue weighted by atomic mass is 10.2. The number of hydrogen-bond acceptors (Lipinski definition) is 6. The molecule has 5 aromatic rings. The molecule has 2 N–H and O–H groups in total. The molecule has 0 atom stereocenters. The van der Waals surface area contributed by atoms with E-state index < -0.39 is 0 Å². The van der Waals surface area contributed by atoms with E-state index in [9.17, 15) is 0 Å². The molecule has 0 aliphatic carbocycles. The van der Waals surface area contributed by atoms with Gasteiger partial charge in [-0.05, 0) is 48.0 Å². The van der Waals surface area contributed by atoms with Gasteiger partial charge in [0.05, 0.1) is 17.3 Å². The number of ether oxygens (including phenoxy) is 1. The standard InChI is InChI=1S/C25H20N4OS/c1-30-21-9-5-8-20(14-21)28-18-10-12-19(13-11-18)29-25-24-22(26-16-27-25)15-23(31-24)17-6-3-2-4-7-17/h2-16,28H,1H3,(H,26,27,29). The quantitative estimate of drug-likeness (QED) is 0.312. The first-order valence-electron chi connectivity index (χ1n) is 9.87. The highest BCUT2D eigenvalue weighted by molar-refractivity contribution is 7.22. The van der Waals surface area contributed by atoms with E-state index in [0.717, 1.165) is 38.8 Å². The lowest BCUT2D eigenvalue weighted by Gasteiger charge is -2.10. The molecule has 3 aromatic carbocycles. The fourth-order valence-corrected chi connectivity index (χ4v) is 4.39. The van der Waals surface area contributed by atoms with Crippen LogP contribution in [0.25, 0.3) is 20.7 Å². The van der Waals surface area contributed by atoms with Crippen LogP contribution in [0.15, 0.2) is 91.3 Å². The van der Waals surface area contributed by atoms with Gasteiger partial charge in [-0.15, -0.1) is 11.3 Å². The molecule has 5 rings (SSSR count). The second kappa shape index (κ2) is 8.45. The number of aromatic nitrogens is 2. The zero-order chi connectivity index (χ0) is 21.0. The summed E-state index contributed by atoms with van der Waals surface area (Å²) >= 11 is 1.69. The van der Waals surface area contributed by atoms with Crippen molar-refractivity contribution in [3.8, 4) is 16.2 Å². The van der Waals surface area contributed by atoms with Gasteiger partial charge in [0, 0.05) is 28.0 Å². The van der Waals surface area contributed by atoms with Gasteiger partial charge < -0.3 is 15.4 Å². The van der Waals surface area contributed by atoms with Gasteiger partial charge in [0.15, 0.2) is 5.82 Å². The molecule has 0 bridgehead atoms. The highest BCUT2D eigenvalue weighted by Gasteiger charge is 2.10. The fraction of sp³-hybridized carbons (Fsp3) is 0.0400. The van der Waals surface area contributed by atoms with Crippen LogP contribution in [0.4, 0.5) is 22.9 Å². The van der Waals surface area contributed by atoms with Gasteiger partial charge >= 0.3 is 0 Å².